The van der Waals surface area contributed by atoms with Gasteiger partial charge in [0.25, 0.3) is 0 Å². The van der Waals surface area contributed by atoms with Crippen LogP contribution in [0.2, 0.25) is 0 Å². The highest BCUT2D eigenvalue weighted by atomic mass is 16.2. The number of hydrogen-bond donors (Lipinski definition) is 1. The Hall–Kier alpha value is -0.610. The third-order valence-corrected chi connectivity index (χ3v) is 4.78. The van der Waals surface area contributed by atoms with Crippen molar-refractivity contribution < 1.29 is 4.79 Å². The number of fused-ring (bicyclic) bond motifs is 1. The molecule has 4 nitrogen and oxygen atoms in total. The number of carbonyl (C=O) groups is 1. The Kier molecular flexibility index (Phi) is 3.85. The first kappa shape index (κ1) is 12.4. The van der Waals surface area contributed by atoms with Gasteiger partial charge < -0.3 is 10.2 Å². The van der Waals surface area contributed by atoms with E-state index < -0.39 is 0 Å². The van der Waals surface area contributed by atoms with Crippen molar-refractivity contribution in [3.8, 4) is 0 Å². The van der Waals surface area contributed by atoms with Gasteiger partial charge in [0.1, 0.15) is 0 Å². The summed E-state index contributed by atoms with van der Waals surface area (Å²) in [6.07, 6.45) is 7.23. The highest BCUT2D eigenvalue weighted by Gasteiger charge is 2.35. The van der Waals surface area contributed by atoms with Crippen LogP contribution in [0.15, 0.2) is 0 Å². The lowest BCUT2D eigenvalue weighted by atomic mass is 10.0. The van der Waals surface area contributed by atoms with Gasteiger partial charge in [0, 0.05) is 38.1 Å². The number of amides is 1. The predicted molar refractivity (Wildman–Crippen MR) is 71.4 cm³/mol. The van der Waals surface area contributed by atoms with Crippen molar-refractivity contribution in [2.24, 2.45) is 0 Å². The summed E-state index contributed by atoms with van der Waals surface area (Å²) in [7, 11) is 0. The third kappa shape index (κ3) is 2.69. The molecule has 102 valence electrons. The Balaban J connectivity index is 1.43. The molecule has 18 heavy (non-hydrogen) atoms. The second-order valence-electron chi connectivity index (χ2n) is 6.02. The number of rotatable bonds is 3. The summed E-state index contributed by atoms with van der Waals surface area (Å²) >= 11 is 0. The molecule has 0 radical (unpaired) electrons. The molecule has 3 fully saturated rings. The van der Waals surface area contributed by atoms with Crippen LogP contribution in [0.3, 0.4) is 0 Å². The summed E-state index contributed by atoms with van der Waals surface area (Å²) in [6.45, 7) is 5.56. The zero-order chi connectivity index (χ0) is 12.4. The predicted octanol–water partition coefficient (Wildman–Crippen LogP) is 0.825. The minimum atomic E-state index is 0.383. The lowest BCUT2D eigenvalue weighted by Gasteiger charge is -2.38. The highest BCUT2D eigenvalue weighted by molar-refractivity contribution is 5.78. The molecule has 4 heteroatoms. The Labute approximate surface area is 110 Å². The van der Waals surface area contributed by atoms with Crippen molar-refractivity contribution in [2.75, 3.05) is 32.7 Å². The maximum Gasteiger partial charge on any atom is 0.222 e. The number of piperazine rings is 1. The van der Waals surface area contributed by atoms with Gasteiger partial charge in [0.15, 0.2) is 0 Å². The normalized spacial score (nSPS) is 33.8. The Morgan fingerprint density at radius 3 is 3.00 bits per heavy atom. The van der Waals surface area contributed by atoms with E-state index in [-0.39, 0.29) is 0 Å². The molecular formula is C14H25N3O. The number of nitrogens with zero attached hydrogens (tertiary/aromatic N) is 2. The molecule has 0 saturated carbocycles. The number of nitrogens with one attached hydrogen (secondary N) is 1. The van der Waals surface area contributed by atoms with Gasteiger partial charge in [-0.3, -0.25) is 9.69 Å². The molecule has 3 aliphatic heterocycles. The van der Waals surface area contributed by atoms with Gasteiger partial charge in [0.05, 0.1) is 0 Å². The molecule has 2 atom stereocenters. The molecule has 2 unspecified atom stereocenters. The van der Waals surface area contributed by atoms with Crippen molar-refractivity contribution in [3.63, 3.8) is 0 Å². The van der Waals surface area contributed by atoms with Crippen LogP contribution >= 0.6 is 0 Å². The van der Waals surface area contributed by atoms with Gasteiger partial charge >= 0.3 is 0 Å². The van der Waals surface area contributed by atoms with Crippen LogP contribution in [-0.4, -0.2) is 60.5 Å². The first-order chi connectivity index (χ1) is 8.83. The molecule has 0 bridgehead atoms. The second kappa shape index (κ2) is 5.57. The molecule has 1 N–H and O–H groups in total. The van der Waals surface area contributed by atoms with Gasteiger partial charge in [-0.2, -0.15) is 0 Å². The minimum Gasteiger partial charge on any atom is -0.337 e. The maximum atomic E-state index is 11.6. The van der Waals surface area contributed by atoms with Gasteiger partial charge in [-0.25, -0.2) is 0 Å². The Morgan fingerprint density at radius 2 is 2.17 bits per heavy atom. The van der Waals surface area contributed by atoms with E-state index in [9.17, 15) is 4.79 Å². The van der Waals surface area contributed by atoms with E-state index >= 15 is 0 Å². The smallest absolute Gasteiger partial charge is 0.222 e. The summed E-state index contributed by atoms with van der Waals surface area (Å²) in [6, 6.07) is 1.26. The number of piperidine rings is 1. The monoisotopic (exact) mass is 251 g/mol. The van der Waals surface area contributed by atoms with Gasteiger partial charge in [-0.1, -0.05) is 6.42 Å². The molecule has 3 aliphatic rings. The number of carbonyl (C=O) groups excluding carboxylic acids is 1. The van der Waals surface area contributed by atoms with E-state index in [0.29, 0.717) is 11.9 Å². The Bertz CT molecular complexity index is 301. The van der Waals surface area contributed by atoms with E-state index in [1.807, 2.05) is 0 Å². The van der Waals surface area contributed by atoms with Crippen LogP contribution in [0.25, 0.3) is 0 Å². The minimum absolute atomic E-state index is 0.383. The van der Waals surface area contributed by atoms with Crippen molar-refractivity contribution in [3.05, 3.63) is 0 Å². The fraction of sp³-hybridized carbons (Fsp3) is 0.929. The summed E-state index contributed by atoms with van der Waals surface area (Å²) < 4.78 is 0. The van der Waals surface area contributed by atoms with Crippen LogP contribution in [0.4, 0.5) is 0 Å². The molecule has 0 aromatic heterocycles. The van der Waals surface area contributed by atoms with Gasteiger partial charge in [-0.05, 0) is 38.8 Å². The quantitative estimate of drug-likeness (QED) is 0.807. The molecule has 0 spiro atoms. The lowest BCUT2D eigenvalue weighted by molar-refractivity contribution is -0.130. The van der Waals surface area contributed by atoms with E-state index in [1.54, 1.807) is 0 Å². The zero-order valence-corrected chi connectivity index (χ0v) is 11.2. The average Bonchev–Trinajstić information content (AvgIpc) is 2.79. The second-order valence-corrected chi connectivity index (χ2v) is 6.02. The molecule has 0 aromatic carbocycles. The van der Waals surface area contributed by atoms with Crippen molar-refractivity contribution in [2.45, 2.75) is 50.6 Å². The van der Waals surface area contributed by atoms with E-state index in [1.165, 1.54) is 38.8 Å². The molecular weight excluding hydrogens is 226 g/mol. The maximum absolute atomic E-state index is 11.6. The first-order valence-electron chi connectivity index (χ1n) is 7.58. The summed E-state index contributed by atoms with van der Waals surface area (Å²) in [5.74, 6) is 0.383. The summed E-state index contributed by atoms with van der Waals surface area (Å²) in [5.41, 5.74) is 0. The molecule has 1 amide bonds. The summed E-state index contributed by atoms with van der Waals surface area (Å²) in [4.78, 5) is 16.3. The van der Waals surface area contributed by atoms with E-state index in [0.717, 1.165) is 38.5 Å². The fourth-order valence-corrected chi connectivity index (χ4v) is 3.64. The van der Waals surface area contributed by atoms with E-state index in [4.69, 9.17) is 0 Å². The van der Waals surface area contributed by atoms with Crippen molar-refractivity contribution in [1.29, 1.82) is 0 Å². The molecule has 3 heterocycles. The van der Waals surface area contributed by atoms with Gasteiger partial charge in [-0.15, -0.1) is 0 Å². The average molecular weight is 251 g/mol. The molecule has 0 aromatic rings. The van der Waals surface area contributed by atoms with Crippen LogP contribution < -0.4 is 5.32 Å². The highest BCUT2D eigenvalue weighted by Crippen LogP contribution is 2.23. The molecule has 3 rings (SSSR count). The van der Waals surface area contributed by atoms with Gasteiger partial charge in [0.2, 0.25) is 5.91 Å². The van der Waals surface area contributed by atoms with E-state index in [2.05, 4.69) is 15.1 Å². The van der Waals surface area contributed by atoms with Crippen LogP contribution in [-0.2, 0) is 4.79 Å². The lowest BCUT2D eigenvalue weighted by Crippen LogP contribution is -2.52. The van der Waals surface area contributed by atoms with Crippen molar-refractivity contribution in [1.82, 2.24) is 15.1 Å². The largest absolute Gasteiger partial charge is 0.337 e. The van der Waals surface area contributed by atoms with Crippen LogP contribution in [0.5, 0.6) is 0 Å². The Morgan fingerprint density at radius 1 is 1.22 bits per heavy atom. The SMILES string of the molecule is O=C1CCC2CN(CCC3CCCCN3)CCN12. The van der Waals surface area contributed by atoms with Crippen molar-refractivity contribution >= 4 is 5.91 Å². The standard InChI is InChI=1S/C14H25N3O/c18-14-5-4-13-11-16(9-10-17(13)14)8-6-12-3-1-2-7-15-12/h12-13,15H,1-11H2. The topological polar surface area (TPSA) is 35.6 Å². The molecule has 0 aliphatic carbocycles. The molecule has 3 saturated heterocycles. The van der Waals surface area contributed by atoms with Crippen LogP contribution in [0.1, 0.15) is 38.5 Å². The third-order valence-electron chi connectivity index (χ3n) is 4.78. The van der Waals surface area contributed by atoms with Crippen LogP contribution in [0, 0.1) is 0 Å². The number of hydrogen-bond acceptors (Lipinski definition) is 3. The summed E-state index contributed by atoms with van der Waals surface area (Å²) in [5, 5.41) is 3.62. The fourth-order valence-electron chi connectivity index (χ4n) is 3.64. The zero-order valence-electron chi connectivity index (χ0n) is 11.2. The first-order valence-corrected chi connectivity index (χ1v) is 7.58.